The van der Waals surface area contributed by atoms with Gasteiger partial charge in [-0.05, 0) is 57.4 Å². The SMILES string of the molecule is CC[C@H](C)[C@H](NC(=O)CNC(=O)[C@H](CC(C)C)NC(=O)[C@@H]1CCCN1C(=O)CNC(=O)CCOCCOCCOCCN1C(=O)C=CC1=O)C(=O)N[C@@H](C)C(=O)NCC(=O)N[C@@H](CCC(N)=O)C(=O)N[C@H]1C[C@H](O[C@H]2C[C@](O)(C(=O)CO)Cc3c(O)c4c(c(O)c32)C(=O)c2c(OC)cccc2C4=O)O[C@@H](C)[C@H]1O. The van der Waals surface area contributed by atoms with E-state index in [1.54, 1.807) is 27.7 Å². The smallest absolute Gasteiger partial charge is 0.253 e. The molecule has 37 heteroatoms. The van der Waals surface area contributed by atoms with Crippen molar-refractivity contribution in [2.24, 2.45) is 17.6 Å². The second-order valence-electron chi connectivity index (χ2n) is 27.3. The summed E-state index contributed by atoms with van der Waals surface area (Å²) in [6.45, 7) is 7.90. The molecule has 0 bridgehead atoms. The molecule has 0 saturated carbocycles. The van der Waals surface area contributed by atoms with Gasteiger partial charge in [0, 0.05) is 67.5 Å². The van der Waals surface area contributed by atoms with Gasteiger partial charge in [-0.3, -0.25) is 76.8 Å². The summed E-state index contributed by atoms with van der Waals surface area (Å²) in [5.41, 5.74) is 0.533. The van der Waals surface area contributed by atoms with Gasteiger partial charge in [0.25, 0.3) is 11.8 Å². The first-order valence-corrected chi connectivity index (χ1v) is 35.6. The molecular weight excluding hydrogens is 1420 g/mol. The van der Waals surface area contributed by atoms with Crippen molar-refractivity contribution >= 4 is 88.2 Å². The van der Waals surface area contributed by atoms with Gasteiger partial charge in [0.15, 0.2) is 17.9 Å². The van der Waals surface area contributed by atoms with Crippen LogP contribution < -0.4 is 53.0 Å². The number of aliphatic hydroxyl groups is 3. The molecular formula is C71H97N11O26. The number of aromatic hydroxyl groups is 2. The summed E-state index contributed by atoms with van der Waals surface area (Å²) in [5, 5.41) is 77.0. The number of carbonyl (C=O) groups is 15. The molecule has 592 valence electrons. The molecule has 5 aliphatic rings. The fourth-order valence-electron chi connectivity index (χ4n) is 13.0. The zero-order valence-electron chi connectivity index (χ0n) is 61.2. The third-order valence-electron chi connectivity index (χ3n) is 19.1. The first-order valence-electron chi connectivity index (χ1n) is 35.6. The maximum Gasteiger partial charge on any atom is 0.253 e. The minimum absolute atomic E-state index is 0.0255. The molecule has 12 amide bonds. The summed E-state index contributed by atoms with van der Waals surface area (Å²) >= 11 is 0. The molecule has 12 atom stereocenters. The van der Waals surface area contributed by atoms with Crippen LogP contribution in [0.1, 0.15) is 148 Å². The predicted molar refractivity (Wildman–Crippen MR) is 373 cm³/mol. The number of rotatable bonds is 40. The first-order chi connectivity index (χ1) is 51.2. The number of hydrogen-bond donors (Lipinski definition) is 14. The number of nitrogens with two attached hydrogens (primary N) is 1. The lowest BCUT2D eigenvalue weighted by molar-refractivity contribution is -0.249. The van der Waals surface area contributed by atoms with Gasteiger partial charge in [-0.1, -0.05) is 46.2 Å². The number of aliphatic hydroxyl groups excluding tert-OH is 2. The third kappa shape index (κ3) is 21.9. The van der Waals surface area contributed by atoms with Crippen molar-refractivity contribution < 1.29 is 126 Å². The third-order valence-corrected chi connectivity index (χ3v) is 19.1. The van der Waals surface area contributed by atoms with E-state index in [1.165, 1.54) is 56.2 Å². The molecule has 108 heavy (non-hydrogen) atoms. The van der Waals surface area contributed by atoms with Crippen LogP contribution in [0.4, 0.5) is 0 Å². The van der Waals surface area contributed by atoms with Gasteiger partial charge >= 0.3 is 0 Å². The van der Waals surface area contributed by atoms with Crippen LogP contribution >= 0.6 is 0 Å². The molecule has 37 nitrogen and oxygen atoms in total. The van der Waals surface area contributed by atoms with Gasteiger partial charge in [-0.25, -0.2) is 0 Å². The predicted octanol–water partition coefficient (Wildman–Crippen LogP) is -3.82. The number of nitrogens with one attached hydrogen (secondary N) is 8. The van der Waals surface area contributed by atoms with Crippen LogP contribution in [0.15, 0.2) is 30.4 Å². The molecule has 3 aliphatic heterocycles. The molecule has 0 aromatic heterocycles. The number of hydrogen-bond acceptors (Lipinski definition) is 26. The number of amides is 12. The summed E-state index contributed by atoms with van der Waals surface area (Å²) < 4.78 is 33.8. The Hall–Kier alpha value is -9.89. The van der Waals surface area contributed by atoms with E-state index in [4.69, 9.17) is 34.2 Å². The van der Waals surface area contributed by atoms with Gasteiger partial charge in [0.05, 0.1) is 108 Å². The Kier molecular flexibility index (Phi) is 31.0. The number of methoxy groups -OCH3 is 1. The van der Waals surface area contributed by atoms with Crippen molar-refractivity contribution in [1.29, 1.82) is 0 Å². The van der Waals surface area contributed by atoms with E-state index in [-0.39, 0.29) is 106 Å². The van der Waals surface area contributed by atoms with Gasteiger partial charge < -0.3 is 107 Å². The standard InChI is InChI=1S/C71H97N11O26/c1-8-36(4)60(80-51(88)32-75-67(98)43(27-35(2)3)79-69(100)44-12-10-19-81(44)54(91)33-73-49(86)18-21-104-23-25-106-26-24-105-22-20-82-52(89)16-17-53(82)90)70(101)76-37(5)66(97)74-31-50(87)77-41(14-15-48(72)85)68(99)78-42-28-55(107-38(6)61(42)92)108-46-30-71(102,47(84)34-83)29-40-57(46)65(96)59-58(63(40)94)62(93)39-11-9-13-45(103-7)56(39)64(59)95/h9,11,13,16-17,35-38,41-44,46,55,60-61,83,92,94,96,102H,8,10,12,14-15,18-34H2,1-7H3,(H2,72,85)(H,73,86)(H,74,97)(H,75,98)(H,76,101)(H,77,87)(H,78,99)(H,79,100)(H,80,88)/t36-,37-,38-,41-,42-,43-,44-,46-,55-,60-,61+,71-/m0/s1. The fraction of sp³-hybridized carbons (Fsp3) is 0.592. The molecule has 15 N–H and O–H groups in total. The van der Waals surface area contributed by atoms with Crippen LogP contribution in [0, 0.1) is 11.8 Å². The number of phenolic OH excluding ortho intramolecular Hbond substituents is 2. The van der Waals surface area contributed by atoms with Crippen LogP contribution in [0.25, 0.3) is 0 Å². The summed E-state index contributed by atoms with van der Waals surface area (Å²) in [7, 11) is 1.25. The number of nitrogens with zero attached hydrogens (tertiary/aromatic N) is 2. The molecule has 0 unspecified atom stereocenters. The Morgan fingerprint density at radius 1 is 0.731 bits per heavy atom. The van der Waals surface area contributed by atoms with Gasteiger partial charge in [0.1, 0.15) is 65.8 Å². The molecule has 2 saturated heterocycles. The van der Waals surface area contributed by atoms with Crippen molar-refractivity contribution in [3.05, 3.63) is 63.7 Å². The maximum atomic E-state index is 14.2. The zero-order chi connectivity index (χ0) is 79.4. The van der Waals surface area contributed by atoms with Crippen LogP contribution in [-0.4, -0.2) is 270 Å². The quantitative estimate of drug-likeness (QED) is 0.0147. The minimum atomic E-state index is -2.51. The zero-order valence-corrected chi connectivity index (χ0v) is 61.2. The molecule has 2 fully saturated rings. The van der Waals surface area contributed by atoms with Gasteiger partial charge in [-0.15, -0.1) is 0 Å². The second kappa shape index (κ2) is 39.3. The summed E-state index contributed by atoms with van der Waals surface area (Å²) in [6.07, 6.45) is -5.19. The number of ether oxygens (including phenoxy) is 6. The summed E-state index contributed by atoms with van der Waals surface area (Å²) in [5.74, 6) is -14.0. The topological polar surface area (TPSA) is 541 Å². The average molecular weight is 1520 g/mol. The molecule has 7 rings (SSSR count). The fourth-order valence-corrected chi connectivity index (χ4v) is 13.0. The Balaban J connectivity index is 0.866. The Morgan fingerprint density at radius 2 is 1.37 bits per heavy atom. The lowest BCUT2D eigenvalue weighted by Gasteiger charge is -2.43. The molecule has 3 heterocycles. The number of likely N-dealkylation sites (tertiary alicyclic amines) is 1. The van der Waals surface area contributed by atoms with E-state index in [0.717, 1.165) is 4.90 Å². The van der Waals surface area contributed by atoms with Crippen LogP contribution in [-0.2, 0) is 92.4 Å². The van der Waals surface area contributed by atoms with Crippen LogP contribution in [0.3, 0.4) is 0 Å². The Morgan fingerprint density at radius 3 is 2.01 bits per heavy atom. The molecule has 2 aromatic rings. The van der Waals surface area contributed by atoms with Crippen molar-refractivity contribution in [2.45, 2.75) is 172 Å². The minimum Gasteiger partial charge on any atom is -0.507 e. The second-order valence-corrected chi connectivity index (χ2v) is 27.3. The number of phenols is 2. The highest BCUT2D eigenvalue weighted by molar-refractivity contribution is 6.31. The lowest BCUT2D eigenvalue weighted by Crippen LogP contribution is -2.59. The number of ketones is 3. The first kappa shape index (κ1) is 85.4. The normalized spacial score (nSPS) is 21.4. The van der Waals surface area contributed by atoms with Crippen molar-refractivity contribution in [3.8, 4) is 17.2 Å². The number of primary amides is 1. The Labute approximate surface area is 621 Å². The maximum absolute atomic E-state index is 14.2. The lowest BCUT2D eigenvalue weighted by atomic mass is 9.72. The monoisotopic (exact) mass is 1520 g/mol. The number of carbonyl (C=O) groups excluding carboxylic acids is 15. The van der Waals surface area contributed by atoms with E-state index in [9.17, 15) is 97.5 Å². The van der Waals surface area contributed by atoms with Crippen LogP contribution in [0.2, 0.25) is 0 Å². The highest BCUT2D eigenvalue weighted by atomic mass is 16.7. The van der Waals surface area contributed by atoms with Crippen molar-refractivity contribution in [2.75, 3.05) is 86.1 Å². The molecule has 0 radical (unpaired) electrons. The van der Waals surface area contributed by atoms with Crippen molar-refractivity contribution in [1.82, 2.24) is 52.3 Å². The van der Waals surface area contributed by atoms with E-state index < -0.39 is 242 Å². The molecule has 2 aliphatic carbocycles. The largest absolute Gasteiger partial charge is 0.507 e. The van der Waals surface area contributed by atoms with Crippen molar-refractivity contribution in [3.63, 3.8) is 0 Å². The van der Waals surface area contributed by atoms with Gasteiger partial charge in [-0.2, -0.15) is 0 Å². The number of fused-ring (bicyclic) bond motifs is 3. The summed E-state index contributed by atoms with van der Waals surface area (Å²) in [4.78, 5) is 201. The highest BCUT2D eigenvalue weighted by Gasteiger charge is 2.51. The highest BCUT2D eigenvalue weighted by Crippen LogP contribution is 2.53. The van der Waals surface area contributed by atoms with Gasteiger partial charge in [0.2, 0.25) is 64.9 Å². The number of benzene rings is 2. The van der Waals surface area contributed by atoms with E-state index in [1.807, 2.05) is 0 Å². The summed E-state index contributed by atoms with van der Waals surface area (Å²) in [6, 6.07) is -3.52. The van der Waals surface area contributed by atoms with Crippen LogP contribution in [0.5, 0.6) is 17.2 Å². The van der Waals surface area contributed by atoms with E-state index in [2.05, 4.69) is 42.5 Å². The number of Topliss-reactive ketones (excluding diaryl/α,β-unsaturated/α-hetero) is 1. The molecule has 2 aromatic carbocycles. The molecule has 0 spiro atoms. The number of imide groups is 1. The van der Waals surface area contributed by atoms with E-state index >= 15 is 0 Å². The average Bonchev–Trinajstić information content (AvgIpc) is 0.792. The Bertz CT molecular complexity index is 3760. The van der Waals surface area contributed by atoms with E-state index in [0.29, 0.717) is 12.8 Å².